The molecule has 2 amide bonds. The number of aromatic amines is 1. The van der Waals surface area contributed by atoms with Gasteiger partial charge in [-0.3, -0.25) is 14.7 Å². The number of aromatic nitrogens is 2. The predicted molar refractivity (Wildman–Crippen MR) is 89.3 cm³/mol. The molecule has 0 bridgehead atoms. The van der Waals surface area contributed by atoms with Crippen molar-refractivity contribution in [3.8, 4) is 0 Å². The first-order chi connectivity index (χ1) is 11.6. The molecule has 24 heavy (non-hydrogen) atoms. The van der Waals surface area contributed by atoms with Crippen LogP contribution in [0.4, 0.5) is 0 Å². The minimum absolute atomic E-state index is 0.143. The standard InChI is InChI=1S/C18H26N4O2/c1-12-7-16(20-19-12)14-3-2-6-21(10-14)18(24)15-8-17(23)22(11-15)9-13-4-5-13/h7,13-15H,2-6,8-11H2,1H3,(H,19,20)/t14-,15-/m1/s1. The van der Waals surface area contributed by atoms with E-state index in [4.69, 9.17) is 0 Å². The van der Waals surface area contributed by atoms with Crippen LogP contribution in [0.15, 0.2) is 6.07 Å². The van der Waals surface area contributed by atoms with Gasteiger partial charge in [-0.1, -0.05) is 0 Å². The van der Waals surface area contributed by atoms with Gasteiger partial charge in [0.1, 0.15) is 0 Å². The van der Waals surface area contributed by atoms with Crippen molar-refractivity contribution in [1.82, 2.24) is 20.0 Å². The summed E-state index contributed by atoms with van der Waals surface area (Å²) in [5.41, 5.74) is 2.12. The van der Waals surface area contributed by atoms with Crippen molar-refractivity contribution in [2.75, 3.05) is 26.2 Å². The van der Waals surface area contributed by atoms with E-state index in [2.05, 4.69) is 16.3 Å². The Balaban J connectivity index is 1.38. The molecule has 1 aromatic heterocycles. The maximum Gasteiger partial charge on any atom is 0.228 e. The number of nitrogens with one attached hydrogen (secondary N) is 1. The molecule has 0 aromatic carbocycles. The first kappa shape index (κ1) is 15.7. The number of aryl methyl sites for hydroxylation is 1. The Hall–Kier alpha value is -1.85. The van der Waals surface area contributed by atoms with Crippen LogP contribution in [0.5, 0.6) is 0 Å². The number of rotatable bonds is 4. The van der Waals surface area contributed by atoms with Crippen molar-refractivity contribution in [1.29, 1.82) is 0 Å². The van der Waals surface area contributed by atoms with Crippen molar-refractivity contribution in [2.45, 2.75) is 44.9 Å². The molecule has 4 rings (SSSR count). The highest BCUT2D eigenvalue weighted by atomic mass is 16.2. The highest BCUT2D eigenvalue weighted by Crippen LogP contribution is 2.33. The average Bonchev–Trinajstić information content (AvgIpc) is 3.18. The minimum atomic E-state index is -0.143. The number of H-pyrrole nitrogens is 1. The largest absolute Gasteiger partial charge is 0.342 e. The van der Waals surface area contributed by atoms with E-state index >= 15 is 0 Å². The number of likely N-dealkylation sites (tertiary alicyclic amines) is 2. The van der Waals surface area contributed by atoms with Gasteiger partial charge in [0.05, 0.1) is 11.6 Å². The third-order valence-corrected chi connectivity index (χ3v) is 5.62. The molecular formula is C18H26N4O2. The number of amides is 2. The maximum atomic E-state index is 12.9. The Morgan fingerprint density at radius 1 is 1.33 bits per heavy atom. The molecule has 3 aliphatic rings. The molecule has 1 aliphatic carbocycles. The summed E-state index contributed by atoms with van der Waals surface area (Å²) in [6, 6.07) is 2.08. The molecule has 1 saturated carbocycles. The van der Waals surface area contributed by atoms with Gasteiger partial charge in [-0.25, -0.2) is 0 Å². The lowest BCUT2D eigenvalue weighted by Gasteiger charge is -2.33. The van der Waals surface area contributed by atoms with Crippen molar-refractivity contribution in [3.05, 3.63) is 17.5 Å². The summed E-state index contributed by atoms with van der Waals surface area (Å²) >= 11 is 0. The van der Waals surface area contributed by atoms with Gasteiger partial charge < -0.3 is 9.80 Å². The Kier molecular flexibility index (Phi) is 4.06. The van der Waals surface area contributed by atoms with Crippen LogP contribution in [0.1, 0.15) is 49.4 Å². The topological polar surface area (TPSA) is 69.3 Å². The monoisotopic (exact) mass is 330 g/mol. The van der Waals surface area contributed by atoms with Gasteiger partial charge in [0.25, 0.3) is 0 Å². The van der Waals surface area contributed by atoms with Crippen LogP contribution in [0.2, 0.25) is 0 Å². The zero-order valence-corrected chi connectivity index (χ0v) is 14.3. The van der Waals surface area contributed by atoms with Gasteiger partial charge in [-0.15, -0.1) is 0 Å². The highest BCUT2D eigenvalue weighted by molar-refractivity contribution is 5.89. The van der Waals surface area contributed by atoms with Gasteiger partial charge in [0.2, 0.25) is 11.8 Å². The SMILES string of the molecule is Cc1cc([C@@H]2CCCN(C(=O)[C@@H]3CC(=O)N(CC4CC4)C3)C2)n[nH]1. The molecule has 130 valence electrons. The fourth-order valence-corrected chi connectivity index (χ4v) is 4.05. The lowest BCUT2D eigenvalue weighted by atomic mass is 9.93. The molecule has 0 radical (unpaired) electrons. The van der Waals surface area contributed by atoms with E-state index < -0.39 is 0 Å². The van der Waals surface area contributed by atoms with E-state index in [0.717, 1.165) is 43.9 Å². The minimum Gasteiger partial charge on any atom is -0.342 e. The van der Waals surface area contributed by atoms with E-state index in [1.165, 1.54) is 12.8 Å². The Labute approximate surface area is 142 Å². The van der Waals surface area contributed by atoms with Crippen LogP contribution in [0.25, 0.3) is 0 Å². The molecule has 2 aliphatic heterocycles. The molecule has 0 unspecified atom stereocenters. The number of carbonyl (C=O) groups is 2. The van der Waals surface area contributed by atoms with Crippen molar-refractivity contribution >= 4 is 11.8 Å². The number of hydrogen-bond donors (Lipinski definition) is 1. The van der Waals surface area contributed by atoms with Crippen molar-refractivity contribution < 1.29 is 9.59 Å². The first-order valence-corrected chi connectivity index (χ1v) is 9.18. The second-order valence-corrected chi connectivity index (χ2v) is 7.74. The molecule has 2 atom stereocenters. The molecule has 0 spiro atoms. The van der Waals surface area contributed by atoms with Crippen LogP contribution in [0.3, 0.4) is 0 Å². The number of piperidine rings is 1. The Morgan fingerprint density at radius 2 is 2.17 bits per heavy atom. The molecule has 1 N–H and O–H groups in total. The lowest BCUT2D eigenvalue weighted by Crippen LogP contribution is -2.43. The van der Waals surface area contributed by atoms with Crippen LogP contribution >= 0.6 is 0 Å². The fraction of sp³-hybridized carbons (Fsp3) is 0.722. The molecular weight excluding hydrogens is 304 g/mol. The normalized spacial score (nSPS) is 27.8. The highest BCUT2D eigenvalue weighted by Gasteiger charge is 2.39. The quantitative estimate of drug-likeness (QED) is 0.913. The number of hydrogen-bond acceptors (Lipinski definition) is 3. The van der Waals surface area contributed by atoms with Crippen molar-refractivity contribution in [2.24, 2.45) is 11.8 Å². The van der Waals surface area contributed by atoms with E-state index in [1.807, 2.05) is 16.7 Å². The molecule has 3 fully saturated rings. The third-order valence-electron chi connectivity index (χ3n) is 5.62. The molecule has 6 heteroatoms. The average molecular weight is 330 g/mol. The summed E-state index contributed by atoms with van der Waals surface area (Å²) in [6.45, 7) is 5.03. The smallest absolute Gasteiger partial charge is 0.228 e. The van der Waals surface area contributed by atoms with Crippen LogP contribution < -0.4 is 0 Å². The second-order valence-electron chi connectivity index (χ2n) is 7.74. The Morgan fingerprint density at radius 3 is 2.88 bits per heavy atom. The van der Waals surface area contributed by atoms with Gasteiger partial charge in [0, 0.05) is 44.2 Å². The van der Waals surface area contributed by atoms with Gasteiger partial charge in [0.15, 0.2) is 0 Å². The van der Waals surface area contributed by atoms with Gasteiger partial charge >= 0.3 is 0 Å². The van der Waals surface area contributed by atoms with Crippen molar-refractivity contribution in [3.63, 3.8) is 0 Å². The summed E-state index contributed by atoms with van der Waals surface area (Å²) in [5.74, 6) is 1.18. The molecule has 3 heterocycles. The van der Waals surface area contributed by atoms with Gasteiger partial charge in [-0.2, -0.15) is 5.10 Å². The summed E-state index contributed by atoms with van der Waals surface area (Å²) in [4.78, 5) is 28.9. The Bertz CT molecular complexity index is 637. The van der Waals surface area contributed by atoms with E-state index in [1.54, 1.807) is 0 Å². The zero-order chi connectivity index (χ0) is 16.7. The molecule has 6 nitrogen and oxygen atoms in total. The summed E-state index contributed by atoms with van der Waals surface area (Å²) in [5, 5.41) is 7.37. The van der Waals surface area contributed by atoms with E-state index in [0.29, 0.717) is 24.8 Å². The lowest BCUT2D eigenvalue weighted by molar-refractivity contribution is -0.137. The maximum absolute atomic E-state index is 12.9. The van der Waals surface area contributed by atoms with Crippen LogP contribution in [-0.4, -0.2) is 58.0 Å². The summed E-state index contributed by atoms with van der Waals surface area (Å²) in [7, 11) is 0. The van der Waals surface area contributed by atoms with Gasteiger partial charge in [-0.05, 0) is 44.6 Å². The van der Waals surface area contributed by atoms with Crippen LogP contribution in [-0.2, 0) is 9.59 Å². The molecule has 2 saturated heterocycles. The van der Waals surface area contributed by atoms with E-state index in [-0.39, 0.29) is 17.7 Å². The first-order valence-electron chi connectivity index (χ1n) is 9.18. The summed E-state index contributed by atoms with van der Waals surface area (Å²) < 4.78 is 0. The van der Waals surface area contributed by atoms with E-state index in [9.17, 15) is 9.59 Å². The third kappa shape index (κ3) is 3.19. The summed E-state index contributed by atoms with van der Waals surface area (Å²) in [6.07, 6.45) is 4.95. The second kappa shape index (κ2) is 6.22. The number of nitrogens with zero attached hydrogens (tertiary/aromatic N) is 3. The predicted octanol–water partition coefficient (Wildman–Crippen LogP) is 1.68. The fourth-order valence-electron chi connectivity index (χ4n) is 4.05. The van der Waals surface area contributed by atoms with Crippen LogP contribution in [0, 0.1) is 18.8 Å². The molecule has 1 aromatic rings. The zero-order valence-electron chi connectivity index (χ0n) is 14.3. The number of carbonyl (C=O) groups excluding carboxylic acids is 2.